The van der Waals surface area contributed by atoms with Gasteiger partial charge in [0.25, 0.3) is 0 Å². The van der Waals surface area contributed by atoms with Crippen LogP contribution in [0.15, 0.2) is 24.3 Å². The van der Waals surface area contributed by atoms with Crippen molar-refractivity contribution in [3.63, 3.8) is 0 Å². The Hall–Kier alpha value is -2.76. The third kappa shape index (κ3) is 2.66. The fourth-order valence-electron chi connectivity index (χ4n) is 4.09. The number of benzene rings is 2. The Kier molecular flexibility index (Phi) is 4.52. The second-order valence-electron chi connectivity index (χ2n) is 6.90. The third-order valence-corrected chi connectivity index (χ3v) is 5.57. The molecule has 0 unspecified atom stereocenters. The quantitative estimate of drug-likeness (QED) is 0.850. The van der Waals surface area contributed by atoms with Gasteiger partial charge < -0.3 is 19.7 Å². The summed E-state index contributed by atoms with van der Waals surface area (Å²) in [5, 5.41) is 20.9. The molecule has 2 aromatic carbocycles. The Labute approximate surface area is 151 Å². The monoisotopic (exact) mass is 358 g/mol. The van der Waals surface area contributed by atoms with E-state index in [0.29, 0.717) is 24.3 Å². The Balaban J connectivity index is 2.36. The number of methoxy groups -OCH3 is 2. The van der Waals surface area contributed by atoms with Crippen LogP contribution in [-0.4, -0.2) is 36.4 Å². The molecule has 0 amide bonds. The fourth-order valence-corrected chi connectivity index (χ4v) is 4.09. The first-order valence-corrected chi connectivity index (χ1v) is 8.45. The molecule has 0 radical (unpaired) electrons. The van der Waals surface area contributed by atoms with Gasteiger partial charge in [-0.15, -0.1) is 0 Å². The Morgan fingerprint density at radius 3 is 2.46 bits per heavy atom. The van der Waals surface area contributed by atoms with Gasteiger partial charge in [0.1, 0.15) is 11.5 Å². The first-order chi connectivity index (χ1) is 12.3. The fraction of sp³-hybridized carbons (Fsp3) is 0.400. The van der Waals surface area contributed by atoms with Crippen LogP contribution in [0.1, 0.15) is 36.8 Å². The number of ether oxygens (including phenoxy) is 2. The van der Waals surface area contributed by atoms with E-state index < -0.39 is 23.3 Å². The summed E-state index contributed by atoms with van der Waals surface area (Å²) in [6, 6.07) is 7.44. The zero-order valence-electron chi connectivity index (χ0n) is 15.0. The van der Waals surface area contributed by atoms with Crippen LogP contribution in [0.4, 0.5) is 0 Å². The molecule has 2 atom stereocenters. The van der Waals surface area contributed by atoms with E-state index in [0.717, 1.165) is 21.9 Å². The van der Waals surface area contributed by atoms with E-state index in [9.17, 15) is 19.8 Å². The molecule has 1 aliphatic rings. The molecule has 6 nitrogen and oxygen atoms in total. The number of aliphatic carboxylic acids is 2. The van der Waals surface area contributed by atoms with E-state index in [4.69, 9.17) is 9.47 Å². The molecule has 0 bridgehead atoms. The summed E-state index contributed by atoms with van der Waals surface area (Å²) in [4.78, 5) is 23.5. The van der Waals surface area contributed by atoms with Gasteiger partial charge in [0, 0.05) is 16.7 Å². The van der Waals surface area contributed by atoms with Gasteiger partial charge in [-0.2, -0.15) is 0 Å². The van der Waals surface area contributed by atoms with Crippen molar-refractivity contribution in [2.45, 2.75) is 32.1 Å². The number of hydrogen-bond donors (Lipinski definition) is 2. The number of hydrogen-bond acceptors (Lipinski definition) is 4. The standard InChI is InChI=1S/C20H22O6/c1-20(19(23)24)8-7-11-13(14(20)10-17(21)22)9-16(26-3)12-5-4-6-15(25-2)18(11)12/h4-6,9,14H,7-8,10H2,1-3H3,(H,21,22)(H,23,24)/t14-,20-/m0/s1. The van der Waals surface area contributed by atoms with Gasteiger partial charge in [-0.1, -0.05) is 12.1 Å². The van der Waals surface area contributed by atoms with Crippen molar-refractivity contribution < 1.29 is 29.3 Å². The van der Waals surface area contributed by atoms with Crippen LogP contribution >= 0.6 is 0 Å². The molecule has 0 aliphatic heterocycles. The van der Waals surface area contributed by atoms with Gasteiger partial charge >= 0.3 is 11.9 Å². The lowest BCUT2D eigenvalue weighted by Gasteiger charge is -2.39. The van der Waals surface area contributed by atoms with Crippen LogP contribution in [0.2, 0.25) is 0 Å². The zero-order chi connectivity index (χ0) is 19.1. The Bertz CT molecular complexity index is 887. The summed E-state index contributed by atoms with van der Waals surface area (Å²) in [5.74, 6) is -1.39. The van der Waals surface area contributed by atoms with Crippen LogP contribution in [0.5, 0.6) is 11.5 Å². The molecule has 0 fully saturated rings. The maximum Gasteiger partial charge on any atom is 0.309 e. The average molecular weight is 358 g/mol. The highest BCUT2D eigenvalue weighted by Crippen LogP contribution is 2.52. The lowest BCUT2D eigenvalue weighted by molar-refractivity contribution is -0.151. The smallest absolute Gasteiger partial charge is 0.309 e. The minimum Gasteiger partial charge on any atom is -0.496 e. The number of carboxylic acids is 2. The normalized spacial score (nSPS) is 21.9. The minimum atomic E-state index is -1.15. The number of rotatable bonds is 5. The van der Waals surface area contributed by atoms with E-state index in [2.05, 4.69) is 0 Å². The van der Waals surface area contributed by atoms with Gasteiger partial charge in [0.15, 0.2) is 0 Å². The number of carbonyl (C=O) groups is 2. The number of fused-ring (bicyclic) bond motifs is 3. The molecule has 2 aromatic rings. The number of aryl methyl sites for hydroxylation is 1. The average Bonchev–Trinajstić information content (AvgIpc) is 2.62. The van der Waals surface area contributed by atoms with Crippen molar-refractivity contribution in [3.8, 4) is 11.5 Å². The molecular formula is C20H22O6. The molecule has 2 N–H and O–H groups in total. The van der Waals surface area contributed by atoms with Crippen molar-refractivity contribution in [1.29, 1.82) is 0 Å². The van der Waals surface area contributed by atoms with Crippen molar-refractivity contribution in [3.05, 3.63) is 35.4 Å². The van der Waals surface area contributed by atoms with Crippen LogP contribution < -0.4 is 9.47 Å². The highest BCUT2D eigenvalue weighted by molar-refractivity contribution is 5.97. The van der Waals surface area contributed by atoms with Crippen molar-refractivity contribution in [2.24, 2.45) is 5.41 Å². The highest BCUT2D eigenvalue weighted by atomic mass is 16.5. The van der Waals surface area contributed by atoms with E-state index in [-0.39, 0.29) is 6.42 Å². The highest BCUT2D eigenvalue weighted by Gasteiger charge is 2.47. The Morgan fingerprint density at radius 2 is 1.88 bits per heavy atom. The predicted octanol–water partition coefficient (Wildman–Crippen LogP) is 3.45. The van der Waals surface area contributed by atoms with Gasteiger partial charge in [0.05, 0.1) is 26.1 Å². The first-order valence-electron chi connectivity index (χ1n) is 8.45. The van der Waals surface area contributed by atoms with Gasteiger partial charge in [-0.05, 0) is 43.0 Å². The van der Waals surface area contributed by atoms with Crippen LogP contribution in [0, 0.1) is 5.41 Å². The predicted molar refractivity (Wildman–Crippen MR) is 96.1 cm³/mol. The summed E-state index contributed by atoms with van der Waals surface area (Å²) in [6.07, 6.45) is 0.654. The summed E-state index contributed by atoms with van der Waals surface area (Å²) in [7, 11) is 3.13. The summed E-state index contributed by atoms with van der Waals surface area (Å²) in [5.41, 5.74) is 0.521. The van der Waals surface area contributed by atoms with Crippen molar-refractivity contribution >= 4 is 22.7 Å². The van der Waals surface area contributed by atoms with Crippen molar-refractivity contribution in [2.75, 3.05) is 14.2 Å². The molecular weight excluding hydrogens is 336 g/mol. The minimum absolute atomic E-state index is 0.250. The van der Waals surface area contributed by atoms with E-state index in [1.807, 2.05) is 18.2 Å². The van der Waals surface area contributed by atoms with Gasteiger partial charge in [-0.25, -0.2) is 0 Å². The van der Waals surface area contributed by atoms with E-state index in [1.165, 1.54) is 0 Å². The summed E-state index contributed by atoms with van der Waals surface area (Å²) >= 11 is 0. The molecule has 0 saturated heterocycles. The lowest BCUT2D eigenvalue weighted by atomic mass is 9.63. The van der Waals surface area contributed by atoms with Crippen LogP contribution in [0.3, 0.4) is 0 Å². The lowest BCUT2D eigenvalue weighted by Crippen LogP contribution is -2.39. The number of carboxylic acid groups (broad SMARTS) is 2. The SMILES string of the molecule is COc1cc2c(c3c(OC)cccc13)CC[C@](C)(C(=O)O)[C@H]2CC(=O)O. The molecule has 26 heavy (non-hydrogen) atoms. The molecule has 3 rings (SSSR count). The second kappa shape index (κ2) is 6.52. The molecule has 0 heterocycles. The molecule has 0 spiro atoms. The van der Waals surface area contributed by atoms with Gasteiger partial charge in [-0.3, -0.25) is 9.59 Å². The first kappa shape index (κ1) is 18.0. The maximum absolute atomic E-state index is 12.0. The zero-order valence-corrected chi connectivity index (χ0v) is 15.0. The molecule has 6 heteroatoms. The van der Waals surface area contributed by atoms with E-state index in [1.54, 1.807) is 27.2 Å². The van der Waals surface area contributed by atoms with E-state index >= 15 is 0 Å². The van der Waals surface area contributed by atoms with Crippen molar-refractivity contribution in [1.82, 2.24) is 0 Å². The van der Waals surface area contributed by atoms with Crippen LogP contribution in [-0.2, 0) is 16.0 Å². The van der Waals surface area contributed by atoms with Crippen LogP contribution in [0.25, 0.3) is 10.8 Å². The largest absolute Gasteiger partial charge is 0.496 e. The Morgan fingerprint density at radius 1 is 1.19 bits per heavy atom. The summed E-state index contributed by atoms with van der Waals surface area (Å²) in [6.45, 7) is 1.63. The summed E-state index contributed by atoms with van der Waals surface area (Å²) < 4.78 is 11.0. The molecule has 1 aliphatic carbocycles. The van der Waals surface area contributed by atoms with Gasteiger partial charge in [0.2, 0.25) is 0 Å². The maximum atomic E-state index is 12.0. The molecule has 138 valence electrons. The molecule has 0 saturated carbocycles. The third-order valence-electron chi connectivity index (χ3n) is 5.57. The second-order valence-corrected chi connectivity index (χ2v) is 6.90. The topological polar surface area (TPSA) is 93.1 Å². The molecule has 0 aromatic heterocycles.